The summed E-state index contributed by atoms with van der Waals surface area (Å²) in [6, 6.07) is 17.8. The summed E-state index contributed by atoms with van der Waals surface area (Å²) in [7, 11) is 3.92. The van der Waals surface area contributed by atoms with Gasteiger partial charge in [0.25, 0.3) is 0 Å². The first-order valence-electron chi connectivity index (χ1n) is 8.90. The van der Waals surface area contributed by atoms with Gasteiger partial charge in [0.15, 0.2) is 0 Å². The third-order valence-corrected chi connectivity index (χ3v) is 4.76. The predicted octanol–water partition coefficient (Wildman–Crippen LogP) is 5.59. The van der Waals surface area contributed by atoms with Gasteiger partial charge >= 0.3 is 0 Å². The van der Waals surface area contributed by atoms with Crippen LogP contribution in [0.25, 0.3) is 0 Å². The smallest absolute Gasteiger partial charge is 0.0713 e. The second-order valence-electron chi connectivity index (χ2n) is 7.03. The zero-order valence-electron chi connectivity index (χ0n) is 15.8. The topological polar surface area (TPSA) is 12.5 Å². The van der Waals surface area contributed by atoms with E-state index in [2.05, 4.69) is 81.2 Å². The number of rotatable bonds is 8. The molecule has 24 heavy (non-hydrogen) atoms. The van der Waals surface area contributed by atoms with Crippen molar-refractivity contribution < 1.29 is 4.74 Å². The van der Waals surface area contributed by atoms with Crippen molar-refractivity contribution >= 4 is 5.69 Å². The largest absolute Gasteiger partial charge is 0.380 e. The fraction of sp³-hybridized carbons (Fsp3) is 0.455. The first-order chi connectivity index (χ1) is 11.5. The highest BCUT2D eigenvalue weighted by Crippen LogP contribution is 2.23. The number of nitrogens with zero attached hydrogens (tertiary/aromatic N) is 1. The second kappa shape index (κ2) is 8.89. The number of hydrogen-bond acceptors (Lipinski definition) is 2. The number of benzene rings is 2. The standard InChI is InChI=1S/C22H31NO/c1-17(2)20-10-12-22(13-11-20)23(4)15-14-18(3)21-8-6-19(7-9-21)16-24-5/h6-13,17-18H,14-16H2,1-5H3. The van der Waals surface area contributed by atoms with Crippen LogP contribution < -0.4 is 4.90 Å². The van der Waals surface area contributed by atoms with E-state index in [1.807, 2.05) is 0 Å². The van der Waals surface area contributed by atoms with Gasteiger partial charge < -0.3 is 9.64 Å². The molecule has 0 bridgehead atoms. The van der Waals surface area contributed by atoms with Crippen LogP contribution in [0.4, 0.5) is 5.69 Å². The monoisotopic (exact) mass is 325 g/mol. The first-order valence-corrected chi connectivity index (χ1v) is 8.90. The van der Waals surface area contributed by atoms with Crippen molar-refractivity contribution in [3.63, 3.8) is 0 Å². The van der Waals surface area contributed by atoms with E-state index >= 15 is 0 Å². The number of anilines is 1. The molecule has 0 aromatic heterocycles. The average molecular weight is 325 g/mol. The second-order valence-corrected chi connectivity index (χ2v) is 7.03. The van der Waals surface area contributed by atoms with Crippen molar-refractivity contribution in [1.82, 2.24) is 0 Å². The minimum absolute atomic E-state index is 0.555. The van der Waals surface area contributed by atoms with Gasteiger partial charge in [-0.2, -0.15) is 0 Å². The van der Waals surface area contributed by atoms with E-state index < -0.39 is 0 Å². The maximum Gasteiger partial charge on any atom is 0.0713 e. The molecule has 1 unspecified atom stereocenters. The summed E-state index contributed by atoms with van der Waals surface area (Å²) < 4.78 is 5.17. The quantitative estimate of drug-likeness (QED) is 0.627. The molecule has 2 heteroatoms. The number of methoxy groups -OCH3 is 1. The molecule has 2 nitrogen and oxygen atoms in total. The van der Waals surface area contributed by atoms with Crippen molar-refractivity contribution in [1.29, 1.82) is 0 Å². The van der Waals surface area contributed by atoms with Crippen LogP contribution in [0.1, 0.15) is 55.7 Å². The average Bonchev–Trinajstić information content (AvgIpc) is 2.60. The zero-order valence-corrected chi connectivity index (χ0v) is 15.8. The van der Waals surface area contributed by atoms with Crippen molar-refractivity contribution in [3.8, 4) is 0 Å². The molecule has 0 aliphatic heterocycles. The van der Waals surface area contributed by atoms with Gasteiger partial charge in [0.1, 0.15) is 0 Å². The summed E-state index contributed by atoms with van der Waals surface area (Å²) in [6.45, 7) is 8.52. The summed E-state index contributed by atoms with van der Waals surface area (Å²) in [4.78, 5) is 2.35. The summed E-state index contributed by atoms with van der Waals surface area (Å²) in [5.41, 5.74) is 5.33. The minimum Gasteiger partial charge on any atom is -0.380 e. The van der Waals surface area contributed by atoms with Gasteiger partial charge in [-0.3, -0.25) is 0 Å². The Balaban J connectivity index is 1.89. The van der Waals surface area contributed by atoms with Crippen LogP contribution in [0.2, 0.25) is 0 Å². The van der Waals surface area contributed by atoms with Crippen molar-refractivity contribution in [2.45, 2.75) is 45.6 Å². The molecule has 0 saturated heterocycles. The molecule has 130 valence electrons. The van der Waals surface area contributed by atoms with E-state index in [4.69, 9.17) is 4.74 Å². The maximum atomic E-state index is 5.17. The third-order valence-electron chi connectivity index (χ3n) is 4.76. The molecule has 0 amide bonds. The molecule has 0 N–H and O–H groups in total. The van der Waals surface area contributed by atoms with Crippen molar-refractivity contribution in [2.75, 3.05) is 25.6 Å². The van der Waals surface area contributed by atoms with E-state index in [9.17, 15) is 0 Å². The molecule has 0 saturated carbocycles. The summed E-state index contributed by atoms with van der Waals surface area (Å²) >= 11 is 0. The lowest BCUT2D eigenvalue weighted by molar-refractivity contribution is 0.185. The van der Waals surface area contributed by atoms with Gasteiger partial charge in [-0.25, -0.2) is 0 Å². The summed E-state index contributed by atoms with van der Waals surface area (Å²) in [5.74, 6) is 1.14. The van der Waals surface area contributed by atoms with Gasteiger partial charge in [-0.1, -0.05) is 57.2 Å². The van der Waals surface area contributed by atoms with Crippen LogP contribution in [0, 0.1) is 0 Å². The van der Waals surface area contributed by atoms with Crippen LogP contribution in [0.15, 0.2) is 48.5 Å². The van der Waals surface area contributed by atoms with Crippen LogP contribution in [0.5, 0.6) is 0 Å². The lowest BCUT2D eigenvalue weighted by Gasteiger charge is -2.22. The lowest BCUT2D eigenvalue weighted by atomic mass is 9.96. The highest BCUT2D eigenvalue weighted by atomic mass is 16.5. The molecule has 2 aromatic carbocycles. The van der Waals surface area contributed by atoms with Crippen LogP contribution in [0.3, 0.4) is 0 Å². The molecule has 0 radical (unpaired) electrons. The van der Waals surface area contributed by atoms with Crippen molar-refractivity contribution in [2.24, 2.45) is 0 Å². The molecule has 2 rings (SSSR count). The Morgan fingerprint density at radius 1 is 0.875 bits per heavy atom. The number of hydrogen-bond donors (Lipinski definition) is 0. The van der Waals surface area contributed by atoms with Crippen LogP contribution in [-0.2, 0) is 11.3 Å². The fourth-order valence-corrected chi connectivity index (χ4v) is 2.91. The van der Waals surface area contributed by atoms with Gasteiger partial charge in [0.05, 0.1) is 6.61 Å². The third kappa shape index (κ3) is 5.10. The Labute approximate surface area is 147 Å². The summed E-state index contributed by atoms with van der Waals surface area (Å²) in [6.07, 6.45) is 1.14. The number of ether oxygens (including phenoxy) is 1. The van der Waals surface area contributed by atoms with E-state index in [-0.39, 0.29) is 0 Å². The molecule has 0 fully saturated rings. The zero-order chi connectivity index (χ0) is 17.5. The fourth-order valence-electron chi connectivity index (χ4n) is 2.91. The Bertz CT molecular complexity index is 601. The molecule has 0 heterocycles. The molecule has 0 spiro atoms. The highest BCUT2D eigenvalue weighted by Gasteiger charge is 2.08. The molecule has 0 aliphatic rings. The summed E-state index contributed by atoms with van der Waals surface area (Å²) in [5, 5.41) is 0. The molecule has 1 atom stereocenters. The maximum absolute atomic E-state index is 5.17. The Morgan fingerprint density at radius 3 is 2.00 bits per heavy atom. The Kier molecular flexibility index (Phi) is 6.86. The normalized spacial score (nSPS) is 12.4. The van der Waals surface area contributed by atoms with E-state index in [1.165, 1.54) is 22.4 Å². The predicted molar refractivity (Wildman–Crippen MR) is 104 cm³/mol. The molecule has 2 aromatic rings. The first kappa shape index (κ1) is 18.5. The molecular weight excluding hydrogens is 294 g/mol. The lowest BCUT2D eigenvalue weighted by Crippen LogP contribution is -2.20. The SMILES string of the molecule is COCc1ccc(C(C)CCN(C)c2ccc(C(C)C)cc2)cc1. The Hall–Kier alpha value is -1.80. The van der Waals surface area contributed by atoms with Gasteiger partial charge in [-0.15, -0.1) is 0 Å². The minimum atomic E-state index is 0.555. The highest BCUT2D eigenvalue weighted by molar-refractivity contribution is 5.47. The van der Waals surface area contributed by atoms with Gasteiger partial charge in [-0.05, 0) is 47.1 Å². The van der Waals surface area contributed by atoms with Crippen molar-refractivity contribution in [3.05, 3.63) is 65.2 Å². The van der Waals surface area contributed by atoms with Crippen LogP contribution >= 0.6 is 0 Å². The van der Waals surface area contributed by atoms with Gasteiger partial charge in [0.2, 0.25) is 0 Å². The van der Waals surface area contributed by atoms with E-state index in [0.29, 0.717) is 18.4 Å². The van der Waals surface area contributed by atoms with E-state index in [1.54, 1.807) is 7.11 Å². The molecule has 0 aliphatic carbocycles. The van der Waals surface area contributed by atoms with E-state index in [0.717, 1.165) is 13.0 Å². The van der Waals surface area contributed by atoms with Gasteiger partial charge in [0, 0.05) is 26.4 Å². The Morgan fingerprint density at radius 2 is 1.46 bits per heavy atom. The molecular formula is C22H31NO. The van der Waals surface area contributed by atoms with Crippen LogP contribution in [-0.4, -0.2) is 20.7 Å².